The number of hydrogen-bond donors (Lipinski definition) is 1. The van der Waals surface area contributed by atoms with Gasteiger partial charge in [0.25, 0.3) is 15.9 Å². The Morgan fingerprint density at radius 1 is 1.15 bits per heavy atom. The van der Waals surface area contributed by atoms with Gasteiger partial charge in [-0.1, -0.05) is 12.1 Å². The normalized spacial score (nSPS) is 11.3. The summed E-state index contributed by atoms with van der Waals surface area (Å²) in [6.07, 6.45) is 3.48. The molecule has 0 aliphatic heterocycles. The SMILES string of the molecule is Cc1ccc(S(=O)(=O)n2cc(NC(=O)c3ccccn3)cn2)c(F)c1F. The van der Waals surface area contributed by atoms with Gasteiger partial charge < -0.3 is 5.32 Å². The van der Waals surface area contributed by atoms with Gasteiger partial charge in [-0.15, -0.1) is 0 Å². The molecule has 26 heavy (non-hydrogen) atoms. The molecule has 3 rings (SSSR count). The van der Waals surface area contributed by atoms with Gasteiger partial charge in [0.1, 0.15) is 10.6 Å². The predicted octanol–water partition coefficient (Wildman–Crippen LogP) is 2.35. The highest BCUT2D eigenvalue weighted by Crippen LogP contribution is 2.22. The molecule has 0 radical (unpaired) electrons. The van der Waals surface area contributed by atoms with Crippen LogP contribution in [0.25, 0.3) is 0 Å². The Hall–Kier alpha value is -3.14. The average molecular weight is 378 g/mol. The Morgan fingerprint density at radius 2 is 1.92 bits per heavy atom. The maximum Gasteiger partial charge on any atom is 0.286 e. The highest BCUT2D eigenvalue weighted by Gasteiger charge is 2.25. The summed E-state index contributed by atoms with van der Waals surface area (Å²) in [5, 5.41) is 6.03. The van der Waals surface area contributed by atoms with Crippen LogP contribution in [0, 0.1) is 18.6 Å². The lowest BCUT2D eigenvalue weighted by Crippen LogP contribution is -2.16. The number of anilines is 1. The van der Waals surface area contributed by atoms with Crippen molar-refractivity contribution in [3.05, 3.63) is 71.8 Å². The second-order valence-electron chi connectivity index (χ2n) is 5.28. The number of nitrogens with zero attached hydrogens (tertiary/aromatic N) is 3. The Morgan fingerprint density at radius 3 is 2.62 bits per heavy atom. The molecule has 0 bridgehead atoms. The lowest BCUT2D eigenvalue weighted by molar-refractivity contribution is 0.102. The Labute approximate surface area is 147 Å². The van der Waals surface area contributed by atoms with Crippen LogP contribution in [0.3, 0.4) is 0 Å². The quantitative estimate of drug-likeness (QED) is 0.752. The highest BCUT2D eigenvalue weighted by atomic mass is 32.2. The van der Waals surface area contributed by atoms with Gasteiger partial charge in [-0.2, -0.15) is 17.6 Å². The van der Waals surface area contributed by atoms with Crippen molar-refractivity contribution in [2.45, 2.75) is 11.8 Å². The second kappa shape index (κ2) is 6.64. The molecule has 10 heteroatoms. The average Bonchev–Trinajstić information content (AvgIpc) is 3.09. The fourth-order valence-corrected chi connectivity index (χ4v) is 3.30. The molecule has 1 aromatic carbocycles. The summed E-state index contributed by atoms with van der Waals surface area (Å²) in [7, 11) is -4.46. The fraction of sp³-hybridized carbons (Fsp3) is 0.0625. The van der Waals surface area contributed by atoms with Crippen molar-refractivity contribution in [2.75, 3.05) is 5.32 Å². The van der Waals surface area contributed by atoms with E-state index in [2.05, 4.69) is 15.4 Å². The number of halogens is 2. The third-order valence-corrected chi connectivity index (χ3v) is 5.04. The number of aryl methyl sites for hydroxylation is 1. The number of benzene rings is 1. The minimum absolute atomic E-state index is 0.0229. The summed E-state index contributed by atoms with van der Waals surface area (Å²) in [5.74, 6) is -3.31. The zero-order valence-electron chi connectivity index (χ0n) is 13.3. The van der Waals surface area contributed by atoms with Crippen molar-refractivity contribution >= 4 is 21.6 Å². The van der Waals surface area contributed by atoms with Gasteiger partial charge in [-0.05, 0) is 30.7 Å². The molecule has 0 aliphatic rings. The van der Waals surface area contributed by atoms with Crippen molar-refractivity contribution in [2.24, 2.45) is 0 Å². The molecule has 0 unspecified atom stereocenters. The number of nitrogens with one attached hydrogen (secondary N) is 1. The zero-order valence-corrected chi connectivity index (χ0v) is 14.2. The summed E-state index contributed by atoms with van der Waals surface area (Å²) >= 11 is 0. The van der Waals surface area contributed by atoms with E-state index in [1.54, 1.807) is 12.1 Å². The minimum atomic E-state index is -4.46. The molecule has 0 spiro atoms. The smallest absolute Gasteiger partial charge is 0.286 e. The molecule has 3 aromatic rings. The van der Waals surface area contributed by atoms with Gasteiger partial charge in [0.15, 0.2) is 11.6 Å². The molecular weight excluding hydrogens is 366 g/mol. The summed E-state index contributed by atoms with van der Waals surface area (Å²) in [4.78, 5) is 15.0. The van der Waals surface area contributed by atoms with Crippen molar-refractivity contribution in [1.82, 2.24) is 14.2 Å². The van der Waals surface area contributed by atoms with Crippen LogP contribution >= 0.6 is 0 Å². The summed E-state index contributed by atoms with van der Waals surface area (Å²) in [6, 6.07) is 6.83. The maximum atomic E-state index is 14.0. The molecule has 7 nitrogen and oxygen atoms in total. The summed E-state index contributed by atoms with van der Waals surface area (Å²) in [6.45, 7) is 1.31. The van der Waals surface area contributed by atoms with Gasteiger partial charge in [0.2, 0.25) is 0 Å². The highest BCUT2D eigenvalue weighted by molar-refractivity contribution is 7.89. The first-order valence-electron chi connectivity index (χ1n) is 7.28. The molecule has 134 valence electrons. The predicted molar refractivity (Wildman–Crippen MR) is 88.1 cm³/mol. The zero-order chi connectivity index (χ0) is 18.9. The monoisotopic (exact) mass is 378 g/mol. The molecule has 0 saturated carbocycles. The Kier molecular flexibility index (Phi) is 4.51. The number of rotatable bonds is 4. The van der Waals surface area contributed by atoms with E-state index in [4.69, 9.17) is 0 Å². The van der Waals surface area contributed by atoms with Crippen LogP contribution in [-0.4, -0.2) is 28.5 Å². The molecule has 2 heterocycles. The molecule has 1 amide bonds. The largest absolute Gasteiger partial charge is 0.318 e. The third kappa shape index (κ3) is 3.18. The summed E-state index contributed by atoms with van der Waals surface area (Å²) in [5.41, 5.74) is 0.150. The fourth-order valence-electron chi connectivity index (χ4n) is 2.12. The lowest BCUT2D eigenvalue weighted by Gasteiger charge is -2.07. The van der Waals surface area contributed by atoms with Crippen molar-refractivity contribution in [1.29, 1.82) is 0 Å². The van der Waals surface area contributed by atoms with Gasteiger partial charge in [-0.25, -0.2) is 8.78 Å². The van der Waals surface area contributed by atoms with Gasteiger partial charge in [0.05, 0.1) is 18.1 Å². The van der Waals surface area contributed by atoms with Crippen LogP contribution in [0.5, 0.6) is 0 Å². The number of carbonyl (C=O) groups is 1. The first-order chi connectivity index (χ1) is 12.3. The van der Waals surface area contributed by atoms with E-state index in [-0.39, 0.29) is 16.9 Å². The maximum absolute atomic E-state index is 14.0. The number of carbonyl (C=O) groups excluding carboxylic acids is 1. The van der Waals surface area contributed by atoms with Gasteiger partial charge in [0, 0.05) is 6.20 Å². The summed E-state index contributed by atoms with van der Waals surface area (Å²) < 4.78 is 53.0. The number of hydrogen-bond acceptors (Lipinski definition) is 5. The van der Waals surface area contributed by atoms with E-state index in [1.165, 1.54) is 19.2 Å². The standard InChI is InChI=1S/C16H12F2N4O3S/c1-10-5-6-13(15(18)14(10)17)26(24,25)22-9-11(8-20-22)21-16(23)12-4-2-3-7-19-12/h2-9H,1H3,(H,21,23). The molecular formula is C16H12F2N4O3S. The van der Waals surface area contributed by atoms with E-state index >= 15 is 0 Å². The van der Waals surface area contributed by atoms with Crippen LogP contribution in [0.15, 0.2) is 53.8 Å². The van der Waals surface area contributed by atoms with E-state index in [0.29, 0.717) is 4.09 Å². The van der Waals surface area contributed by atoms with E-state index in [1.807, 2.05) is 0 Å². The van der Waals surface area contributed by atoms with Crippen molar-refractivity contribution in [3.63, 3.8) is 0 Å². The third-order valence-electron chi connectivity index (χ3n) is 3.48. The molecule has 0 atom stereocenters. The van der Waals surface area contributed by atoms with E-state index in [0.717, 1.165) is 24.5 Å². The molecule has 0 aliphatic carbocycles. The van der Waals surface area contributed by atoms with Crippen LogP contribution in [0.1, 0.15) is 16.1 Å². The van der Waals surface area contributed by atoms with Crippen LogP contribution < -0.4 is 5.32 Å². The van der Waals surface area contributed by atoms with Crippen LogP contribution in [0.4, 0.5) is 14.5 Å². The topological polar surface area (TPSA) is 94.0 Å². The first kappa shape index (κ1) is 17.7. The van der Waals surface area contributed by atoms with Crippen LogP contribution in [0.2, 0.25) is 0 Å². The lowest BCUT2D eigenvalue weighted by atomic mass is 10.2. The van der Waals surface area contributed by atoms with E-state index in [9.17, 15) is 22.0 Å². The number of aromatic nitrogens is 3. The number of pyridine rings is 1. The Bertz CT molecular complexity index is 1080. The molecule has 0 fully saturated rings. The molecule has 2 aromatic heterocycles. The molecule has 0 saturated heterocycles. The van der Waals surface area contributed by atoms with Crippen LogP contribution in [-0.2, 0) is 10.0 Å². The Balaban J connectivity index is 1.90. The van der Waals surface area contributed by atoms with Crippen molar-refractivity contribution in [3.8, 4) is 0 Å². The molecule has 1 N–H and O–H groups in total. The van der Waals surface area contributed by atoms with Gasteiger partial charge >= 0.3 is 0 Å². The van der Waals surface area contributed by atoms with Gasteiger partial charge in [-0.3, -0.25) is 9.78 Å². The van der Waals surface area contributed by atoms with E-state index < -0.39 is 32.5 Å². The minimum Gasteiger partial charge on any atom is -0.318 e. The first-order valence-corrected chi connectivity index (χ1v) is 8.72. The van der Waals surface area contributed by atoms with Crippen molar-refractivity contribution < 1.29 is 22.0 Å². The number of amides is 1. The second-order valence-corrected chi connectivity index (χ2v) is 7.05.